The summed E-state index contributed by atoms with van der Waals surface area (Å²) < 4.78 is 26.6. The molecule has 0 unspecified atom stereocenters. The molecule has 1 saturated carbocycles. The molecule has 19 heavy (non-hydrogen) atoms. The Bertz CT molecular complexity index is 553. The lowest BCUT2D eigenvalue weighted by atomic mass is 9.76. The Labute approximate surface area is 108 Å². The predicted molar refractivity (Wildman–Crippen MR) is 62.8 cm³/mol. The van der Waals surface area contributed by atoms with Crippen molar-refractivity contribution in [1.29, 1.82) is 0 Å². The second kappa shape index (κ2) is 4.60. The van der Waals surface area contributed by atoms with Gasteiger partial charge in [0.25, 0.3) is 5.91 Å². The second-order valence-corrected chi connectivity index (χ2v) is 4.78. The van der Waals surface area contributed by atoms with E-state index < -0.39 is 29.0 Å². The van der Waals surface area contributed by atoms with Gasteiger partial charge in [0.05, 0.1) is 5.56 Å². The second-order valence-electron chi connectivity index (χ2n) is 4.78. The number of carboxylic acid groups (broad SMARTS) is 1. The molecule has 6 heteroatoms. The standard InChI is InChI=1S/C13H13F2NO3/c1-7-5-8(10(15)6-9(7)14)11(17)16-13(12(18)19)3-2-4-13/h5-6H,2-4H2,1H3,(H,16,17)(H,18,19). The summed E-state index contributed by atoms with van der Waals surface area (Å²) >= 11 is 0. The van der Waals surface area contributed by atoms with E-state index >= 15 is 0 Å². The molecule has 0 aromatic heterocycles. The van der Waals surface area contributed by atoms with Crippen LogP contribution >= 0.6 is 0 Å². The number of aryl methyl sites for hydroxylation is 1. The zero-order chi connectivity index (χ0) is 14.2. The molecule has 2 N–H and O–H groups in total. The smallest absolute Gasteiger partial charge is 0.329 e. The molecule has 4 nitrogen and oxygen atoms in total. The molecule has 1 fully saturated rings. The van der Waals surface area contributed by atoms with E-state index in [1.54, 1.807) is 0 Å². The van der Waals surface area contributed by atoms with Gasteiger partial charge in [-0.05, 0) is 37.8 Å². The number of hydrogen-bond acceptors (Lipinski definition) is 2. The molecule has 102 valence electrons. The third kappa shape index (κ3) is 2.30. The zero-order valence-corrected chi connectivity index (χ0v) is 10.3. The van der Waals surface area contributed by atoms with Gasteiger partial charge in [0.2, 0.25) is 0 Å². The quantitative estimate of drug-likeness (QED) is 0.882. The average molecular weight is 269 g/mol. The molecule has 0 heterocycles. The van der Waals surface area contributed by atoms with Gasteiger partial charge in [-0.1, -0.05) is 0 Å². The highest BCUT2D eigenvalue weighted by Crippen LogP contribution is 2.32. The molecular weight excluding hydrogens is 256 g/mol. The predicted octanol–water partition coefficient (Wildman–Crippen LogP) is 2.01. The normalized spacial score (nSPS) is 16.6. The van der Waals surface area contributed by atoms with Gasteiger partial charge in [0, 0.05) is 6.07 Å². The van der Waals surface area contributed by atoms with E-state index in [1.165, 1.54) is 6.92 Å². The molecule has 0 bridgehead atoms. The fourth-order valence-electron chi connectivity index (χ4n) is 2.04. The van der Waals surface area contributed by atoms with E-state index in [1.807, 2.05) is 0 Å². The van der Waals surface area contributed by atoms with Crippen LogP contribution in [0.4, 0.5) is 8.78 Å². The van der Waals surface area contributed by atoms with E-state index in [2.05, 4.69) is 5.32 Å². The zero-order valence-electron chi connectivity index (χ0n) is 10.3. The van der Waals surface area contributed by atoms with Gasteiger partial charge in [-0.15, -0.1) is 0 Å². The molecule has 0 atom stereocenters. The first kappa shape index (κ1) is 13.5. The van der Waals surface area contributed by atoms with E-state index in [4.69, 9.17) is 5.11 Å². The van der Waals surface area contributed by atoms with Crippen LogP contribution in [0.2, 0.25) is 0 Å². The number of carboxylic acids is 1. The van der Waals surface area contributed by atoms with Crippen LogP contribution in [0.15, 0.2) is 12.1 Å². The highest BCUT2D eigenvalue weighted by Gasteiger charge is 2.46. The van der Waals surface area contributed by atoms with Crippen molar-refractivity contribution in [2.45, 2.75) is 31.7 Å². The number of nitrogens with one attached hydrogen (secondary N) is 1. The lowest BCUT2D eigenvalue weighted by Gasteiger charge is -2.38. The number of halogens is 2. The number of carbonyl (C=O) groups excluding carboxylic acids is 1. The summed E-state index contributed by atoms with van der Waals surface area (Å²) in [5, 5.41) is 11.4. The van der Waals surface area contributed by atoms with Crippen molar-refractivity contribution in [2.24, 2.45) is 0 Å². The number of aliphatic carboxylic acids is 1. The number of rotatable bonds is 3. The Morgan fingerprint density at radius 3 is 2.37 bits per heavy atom. The van der Waals surface area contributed by atoms with Crippen molar-refractivity contribution >= 4 is 11.9 Å². The first-order valence-corrected chi connectivity index (χ1v) is 5.87. The van der Waals surface area contributed by atoms with Crippen molar-refractivity contribution < 1.29 is 23.5 Å². The van der Waals surface area contributed by atoms with Crippen molar-refractivity contribution in [3.8, 4) is 0 Å². The molecule has 0 aliphatic heterocycles. The Kier molecular flexibility index (Phi) is 3.26. The summed E-state index contributed by atoms with van der Waals surface area (Å²) in [4.78, 5) is 23.0. The maximum Gasteiger partial charge on any atom is 0.329 e. The van der Waals surface area contributed by atoms with E-state index in [0.29, 0.717) is 25.3 Å². The molecule has 2 rings (SSSR count). The molecule has 0 spiro atoms. The maximum absolute atomic E-state index is 13.5. The minimum absolute atomic E-state index is 0.129. The van der Waals surface area contributed by atoms with Gasteiger partial charge in [0.1, 0.15) is 17.2 Å². The van der Waals surface area contributed by atoms with Crippen LogP contribution < -0.4 is 5.32 Å². The third-order valence-corrected chi connectivity index (χ3v) is 3.46. The Hall–Kier alpha value is -1.98. The monoisotopic (exact) mass is 269 g/mol. The number of hydrogen-bond donors (Lipinski definition) is 2. The van der Waals surface area contributed by atoms with Gasteiger partial charge in [-0.2, -0.15) is 0 Å². The molecule has 0 radical (unpaired) electrons. The van der Waals surface area contributed by atoms with Crippen LogP contribution in [0.3, 0.4) is 0 Å². The summed E-state index contributed by atoms with van der Waals surface area (Å²) in [5.41, 5.74) is -1.53. The van der Waals surface area contributed by atoms with Gasteiger partial charge in [-0.3, -0.25) is 4.79 Å². The van der Waals surface area contributed by atoms with Crippen LogP contribution in [0.25, 0.3) is 0 Å². The average Bonchev–Trinajstić information content (AvgIpc) is 2.27. The van der Waals surface area contributed by atoms with Crippen molar-refractivity contribution in [2.75, 3.05) is 0 Å². The van der Waals surface area contributed by atoms with Crippen LogP contribution in [0.5, 0.6) is 0 Å². The first-order chi connectivity index (χ1) is 8.85. The first-order valence-electron chi connectivity index (χ1n) is 5.87. The molecule has 1 aromatic rings. The van der Waals surface area contributed by atoms with Crippen LogP contribution in [-0.2, 0) is 4.79 Å². The number of carbonyl (C=O) groups is 2. The Morgan fingerprint density at radius 1 is 1.26 bits per heavy atom. The summed E-state index contributed by atoms with van der Waals surface area (Å²) in [6.45, 7) is 1.40. The van der Waals surface area contributed by atoms with Crippen molar-refractivity contribution in [3.05, 3.63) is 34.9 Å². The van der Waals surface area contributed by atoms with Crippen LogP contribution in [0, 0.1) is 18.6 Å². The summed E-state index contributed by atoms with van der Waals surface area (Å²) in [5.74, 6) is -3.71. The SMILES string of the molecule is Cc1cc(C(=O)NC2(C(=O)O)CCC2)c(F)cc1F. The molecule has 1 aliphatic carbocycles. The van der Waals surface area contributed by atoms with Gasteiger partial charge >= 0.3 is 5.97 Å². The number of benzene rings is 1. The fourth-order valence-corrected chi connectivity index (χ4v) is 2.04. The summed E-state index contributed by atoms with van der Waals surface area (Å²) in [6.07, 6.45) is 1.32. The highest BCUT2D eigenvalue weighted by atomic mass is 19.1. The Morgan fingerprint density at radius 2 is 1.89 bits per heavy atom. The minimum Gasteiger partial charge on any atom is -0.480 e. The van der Waals surface area contributed by atoms with Crippen molar-refractivity contribution in [1.82, 2.24) is 5.32 Å². The van der Waals surface area contributed by atoms with Crippen molar-refractivity contribution in [3.63, 3.8) is 0 Å². The largest absolute Gasteiger partial charge is 0.480 e. The molecular formula is C13H13F2NO3. The van der Waals surface area contributed by atoms with Gasteiger partial charge in [0.15, 0.2) is 0 Å². The topological polar surface area (TPSA) is 66.4 Å². The molecule has 1 aromatic carbocycles. The Balaban J connectivity index is 2.25. The van der Waals surface area contributed by atoms with Crippen LogP contribution in [0.1, 0.15) is 35.2 Å². The minimum atomic E-state index is -1.31. The molecule has 1 aliphatic rings. The molecule has 0 saturated heterocycles. The summed E-state index contributed by atoms with van der Waals surface area (Å²) in [7, 11) is 0. The van der Waals surface area contributed by atoms with Gasteiger partial charge in [-0.25, -0.2) is 13.6 Å². The maximum atomic E-state index is 13.5. The van der Waals surface area contributed by atoms with Gasteiger partial charge < -0.3 is 10.4 Å². The van der Waals surface area contributed by atoms with E-state index in [0.717, 1.165) is 6.07 Å². The molecule has 1 amide bonds. The summed E-state index contributed by atoms with van der Waals surface area (Å²) in [6, 6.07) is 1.70. The van der Waals surface area contributed by atoms with Crippen LogP contribution in [-0.4, -0.2) is 22.5 Å². The van der Waals surface area contributed by atoms with E-state index in [-0.39, 0.29) is 11.1 Å². The third-order valence-electron chi connectivity index (χ3n) is 3.46. The number of amides is 1. The fraction of sp³-hybridized carbons (Fsp3) is 0.385. The van der Waals surface area contributed by atoms with E-state index in [9.17, 15) is 18.4 Å². The lowest BCUT2D eigenvalue weighted by Crippen LogP contribution is -2.59. The highest BCUT2D eigenvalue weighted by molar-refractivity contribution is 5.98. The lowest BCUT2D eigenvalue weighted by molar-refractivity contribution is -0.148.